The van der Waals surface area contributed by atoms with Gasteiger partial charge >= 0.3 is 0 Å². The van der Waals surface area contributed by atoms with Crippen molar-refractivity contribution >= 4 is 11.3 Å². The summed E-state index contributed by atoms with van der Waals surface area (Å²) in [5.41, 5.74) is 4.02. The molecule has 0 aliphatic rings. The molecule has 0 N–H and O–H groups in total. The molecular weight excluding hydrogens is 300 g/mol. The van der Waals surface area contributed by atoms with Gasteiger partial charge in [-0.25, -0.2) is 0 Å². The van der Waals surface area contributed by atoms with E-state index in [0.717, 1.165) is 26.1 Å². The van der Waals surface area contributed by atoms with Gasteiger partial charge in [-0.15, -0.1) is 11.3 Å². The Morgan fingerprint density at radius 1 is 0.870 bits per heavy atom. The average Bonchev–Trinajstić information content (AvgIpc) is 3.09. The number of pyridine rings is 1. The molecule has 0 saturated heterocycles. The van der Waals surface area contributed by atoms with Crippen LogP contribution in [-0.4, -0.2) is 9.88 Å². The Hall–Kier alpha value is -1.97. The van der Waals surface area contributed by atoms with Gasteiger partial charge in [0, 0.05) is 36.9 Å². The number of hydrogen-bond donors (Lipinski definition) is 0. The van der Waals surface area contributed by atoms with Crippen LogP contribution in [0.15, 0.2) is 66.3 Å². The van der Waals surface area contributed by atoms with E-state index in [9.17, 15) is 0 Å². The minimum Gasteiger partial charge on any atom is -0.290 e. The van der Waals surface area contributed by atoms with Crippen LogP contribution in [0.2, 0.25) is 0 Å². The molecule has 0 aliphatic carbocycles. The average molecular weight is 322 g/mol. The maximum atomic E-state index is 4.24. The summed E-state index contributed by atoms with van der Waals surface area (Å²) in [6, 6.07) is 17.5. The van der Waals surface area contributed by atoms with Crippen LogP contribution in [0.25, 0.3) is 0 Å². The van der Waals surface area contributed by atoms with Crippen molar-refractivity contribution in [1.29, 1.82) is 0 Å². The van der Waals surface area contributed by atoms with E-state index in [2.05, 4.69) is 64.7 Å². The highest BCUT2D eigenvalue weighted by Gasteiger charge is 2.09. The minimum absolute atomic E-state index is 0.918. The van der Waals surface area contributed by atoms with Gasteiger partial charge in [0.25, 0.3) is 0 Å². The number of aryl methyl sites for hydroxylation is 1. The molecule has 0 spiro atoms. The maximum Gasteiger partial charge on any atom is 0.0335 e. The molecule has 0 amide bonds. The Morgan fingerprint density at radius 3 is 2.30 bits per heavy atom. The summed E-state index contributed by atoms with van der Waals surface area (Å²) in [6.45, 7) is 5.04. The van der Waals surface area contributed by atoms with Crippen LogP contribution in [0.4, 0.5) is 0 Å². The Bertz CT molecular complexity index is 690. The first-order valence-electron chi connectivity index (χ1n) is 8.05. The van der Waals surface area contributed by atoms with Crippen LogP contribution in [-0.2, 0) is 26.1 Å². The van der Waals surface area contributed by atoms with Crippen molar-refractivity contribution in [3.05, 3.63) is 87.9 Å². The maximum absolute atomic E-state index is 4.24. The molecule has 0 fully saturated rings. The van der Waals surface area contributed by atoms with Crippen LogP contribution in [0, 0.1) is 0 Å². The molecule has 23 heavy (non-hydrogen) atoms. The summed E-state index contributed by atoms with van der Waals surface area (Å²) < 4.78 is 0. The molecule has 0 radical (unpaired) electrons. The molecule has 0 atom stereocenters. The Balaban J connectivity index is 1.73. The first-order chi connectivity index (χ1) is 11.3. The van der Waals surface area contributed by atoms with Crippen LogP contribution < -0.4 is 0 Å². The van der Waals surface area contributed by atoms with Crippen LogP contribution in [0.1, 0.15) is 28.5 Å². The fourth-order valence-corrected chi connectivity index (χ4v) is 3.43. The normalized spacial score (nSPS) is 11.0. The second kappa shape index (κ2) is 8.04. The van der Waals surface area contributed by atoms with E-state index in [1.807, 2.05) is 29.8 Å². The third kappa shape index (κ3) is 4.75. The first-order valence-corrected chi connectivity index (χ1v) is 8.93. The zero-order valence-electron chi connectivity index (χ0n) is 13.5. The van der Waals surface area contributed by atoms with Crippen molar-refractivity contribution in [3.63, 3.8) is 0 Å². The number of benzene rings is 1. The van der Waals surface area contributed by atoms with E-state index in [1.54, 1.807) is 0 Å². The van der Waals surface area contributed by atoms with Crippen molar-refractivity contribution in [2.45, 2.75) is 33.0 Å². The number of hydrogen-bond acceptors (Lipinski definition) is 3. The SMILES string of the molecule is CCc1ccc(CN(Cc2cccnc2)Cc2cccs2)cc1. The van der Waals surface area contributed by atoms with Gasteiger partial charge in [0.1, 0.15) is 0 Å². The Morgan fingerprint density at radius 2 is 1.65 bits per heavy atom. The lowest BCUT2D eigenvalue weighted by Gasteiger charge is -2.22. The van der Waals surface area contributed by atoms with Crippen LogP contribution in [0.3, 0.4) is 0 Å². The van der Waals surface area contributed by atoms with Gasteiger partial charge in [0.2, 0.25) is 0 Å². The molecule has 0 saturated carbocycles. The molecule has 2 aromatic heterocycles. The molecule has 0 aliphatic heterocycles. The van der Waals surface area contributed by atoms with Gasteiger partial charge < -0.3 is 0 Å². The zero-order valence-corrected chi connectivity index (χ0v) is 14.3. The van der Waals surface area contributed by atoms with E-state index in [-0.39, 0.29) is 0 Å². The summed E-state index contributed by atoms with van der Waals surface area (Å²) in [4.78, 5) is 8.12. The smallest absolute Gasteiger partial charge is 0.0335 e. The van der Waals surface area contributed by atoms with E-state index >= 15 is 0 Å². The predicted octanol–water partition coefficient (Wildman–Crippen LogP) is 4.91. The lowest BCUT2D eigenvalue weighted by molar-refractivity contribution is 0.249. The predicted molar refractivity (Wildman–Crippen MR) is 97.3 cm³/mol. The van der Waals surface area contributed by atoms with Gasteiger partial charge in [-0.3, -0.25) is 9.88 Å². The highest BCUT2D eigenvalue weighted by Crippen LogP contribution is 2.17. The second-order valence-corrected chi connectivity index (χ2v) is 6.79. The van der Waals surface area contributed by atoms with Crippen molar-refractivity contribution in [2.24, 2.45) is 0 Å². The summed E-state index contributed by atoms with van der Waals surface area (Å²) in [5, 5.41) is 2.15. The molecule has 3 heteroatoms. The van der Waals surface area contributed by atoms with Gasteiger partial charge in [0.15, 0.2) is 0 Å². The van der Waals surface area contributed by atoms with Gasteiger partial charge in [-0.2, -0.15) is 0 Å². The molecule has 1 aromatic carbocycles. The van der Waals surface area contributed by atoms with Crippen LogP contribution >= 0.6 is 11.3 Å². The minimum atomic E-state index is 0.918. The molecule has 0 unspecified atom stereocenters. The van der Waals surface area contributed by atoms with Gasteiger partial charge in [-0.1, -0.05) is 43.3 Å². The van der Waals surface area contributed by atoms with Crippen molar-refractivity contribution < 1.29 is 0 Å². The number of nitrogens with zero attached hydrogens (tertiary/aromatic N) is 2. The van der Waals surface area contributed by atoms with Gasteiger partial charge in [0.05, 0.1) is 0 Å². The summed E-state index contributed by atoms with van der Waals surface area (Å²) in [6.07, 6.45) is 4.88. The summed E-state index contributed by atoms with van der Waals surface area (Å²) in [5.74, 6) is 0. The molecule has 2 nitrogen and oxygen atoms in total. The quantitative estimate of drug-likeness (QED) is 0.614. The largest absolute Gasteiger partial charge is 0.290 e. The summed E-state index contributed by atoms with van der Waals surface area (Å²) in [7, 11) is 0. The third-order valence-electron chi connectivity index (χ3n) is 3.93. The third-order valence-corrected chi connectivity index (χ3v) is 4.79. The number of aromatic nitrogens is 1. The molecule has 118 valence electrons. The highest BCUT2D eigenvalue weighted by molar-refractivity contribution is 7.09. The summed E-state index contributed by atoms with van der Waals surface area (Å²) >= 11 is 1.82. The molecule has 3 aromatic rings. The van der Waals surface area contributed by atoms with Crippen molar-refractivity contribution in [1.82, 2.24) is 9.88 Å². The Kier molecular flexibility index (Phi) is 5.56. The molecular formula is C20H22N2S. The molecule has 3 rings (SSSR count). The first kappa shape index (κ1) is 15.9. The molecule has 2 heterocycles. The van der Waals surface area contributed by atoms with Crippen LogP contribution in [0.5, 0.6) is 0 Å². The number of thiophene rings is 1. The lowest BCUT2D eigenvalue weighted by Crippen LogP contribution is -2.22. The lowest BCUT2D eigenvalue weighted by atomic mass is 10.1. The van der Waals surface area contributed by atoms with E-state index in [0.29, 0.717) is 0 Å². The monoisotopic (exact) mass is 322 g/mol. The van der Waals surface area contributed by atoms with Gasteiger partial charge in [-0.05, 0) is 40.6 Å². The second-order valence-electron chi connectivity index (χ2n) is 5.76. The fourth-order valence-electron chi connectivity index (χ4n) is 2.68. The zero-order chi connectivity index (χ0) is 15.9. The van der Waals surface area contributed by atoms with E-state index in [1.165, 1.54) is 21.6 Å². The molecule has 0 bridgehead atoms. The van der Waals surface area contributed by atoms with E-state index < -0.39 is 0 Å². The van der Waals surface area contributed by atoms with E-state index in [4.69, 9.17) is 0 Å². The fraction of sp³-hybridized carbons (Fsp3) is 0.250. The standard InChI is InChI=1S/C20H22N2S/c1-2-17-7-9-18(10-8-17)14-22(16-20-6-4-12-23-20)15-19-5-3-11-21-13-19/h3-13H,2,14-16H2,1H3. The highest BCUT2D eigenvalue weighted by atomic mass is 32.1. The van der Waals surface area contributed by atoms with Crippen molar-refractivity contribution in [3.8, 4) is 0 Å². The number of rotatable bonds is 7. The Labute approximate surface area is 142 Å². The topological polar surface area (TPSA) is 16.1 Å². The van der Waals surface area contributed by atoms with Crippen molar-refractivity contribution in [2.75, 3.05) is 0 Å².